The van der Waals surface area contributed by atoms with Crippen LogP contribution in [-0.4, -0.2) is 112 Å². The highest BCUT2D eigenvalue weighted by atomic mass is 19.3. The molecule has 4 aromatic rings. The highest BCUT2D eigenvalue weighted by molar-refractivity contribution is 6.19. The predicted molar refractivity (Wildman–Crippen MR) is 224 cm³/mol. The highest BCUT2D eigenvalue weighted by Crippen LogP contribution is 2.38. The number of benzene rings is 2. The van der Waals surface area contributed by atoms with Crippen LogP contribution in [0.5, 0.6) is 5.88 Å². The zero-order valence-corrected chi connectivity index (χ0v) is 34.8. The van der Waals surface area contributed by atoms with E-state index in [-0.39, 0.29) is 67.0 Å². The summed E-state index contributed by atoms with van der Waals surface area (Å²) in [6.07, 6.45) is 1.67. The molecule has 3 saturated heterocycles. The minimum atomic E-state index is -3.17. The fraction of sp³-hybridized carbons (Fsp3) is 0.432. The third-order valence-electron chi connectivity index (χ3n) is 12.4. The van der Waals surface area contributed by atoms with Gasteiger partial charge in [0, 0.05) is 88.2 Å². The number of rotatable bonds is 5. The molecule has 0 unspecified atom stereocenters. The zero-order valence-electron chi connectivity index (χ0n) is 34.8. The quantitative estimate of drug-likeness (QED) is 0.206. The van der Waals surface area contributed by atoms with E-state index in [2.05, 4.69) is 30.6 Å². The molecule has 0 radical (unpaired) electrons. The lowest BCUT2D eigenvalue weighted by molar-refractivity contribution is -0.137. The number of piperazine rings is 1. The summed E-state index contributed by atoms with van der Waals surface area (Å²) in [5.74, 6) is -7.87. The number of amides is 4. The number of guanidine groups is 1. The smallest absolute Gasteiger partial charge is 0.280 e. The standard InChI is InChI=1S/C44H46F4N10O5/c1-25-16-28-18-35(50-25)31-21-49-54(2)42(31)63-15-3-9-44(47,48)24-58-36-17-26(4-6-34(36)51-43(58)53-39(28)60)22-55-11-13-56(14-12-55)41(62)27-8-10-57(23-27)29-19-32(45)38(33(46)20-29)30-5-7-37(59)52-40(30)61/h4,6,16-21,27,30H,3,5,7-15,22-24H2,1-2H3,(H,51,53,60)(H,52,59,61)/t27-,30-/m1/s1. The van der Waals surface area contributed by atoms with E-state index >= 15 is 17.6 Å². The van der Waals surface area contributed by atoms with E-state index in [1.54, 1.807) is 43.3 Å². The van der Waals surface area contributed by atoms with Crippen molar-refractivity contribution in [1.29, 1.82) is 0 Å². The lowest BCUT2D eigenvalue weighted by atomic mass is 9.89. The van der Waals surface area contributed by atoms with Gasteiger partial charge in [-0.25, -0.2) is 22.2 Å². The van der Waals surface area contributed by atoms with E-state index < -0.39 is 54.2 Å². The van der Waals surface area contributed by atoms with Crippen molar-refractivity contribution in [1.82, 2.24) is 29.9 Å². The molecule has 4 amide bonds. The van der Waals surface area contributed by atoms with Gasteiger partial charge in [0.15, 0.2) is 0 Å². The Kier molecular flexibility index (Phi) is 11.1. The van der Waals surface area contributed by atoms with Crippen molar-refractivity contribution in [2.75, 3.05) is 67.5 Å². The number of fused-ring (bicyclic) bond motifs is 7. The summed E-state index contributed by atoms with van der Waals surface area (Å²) in [5, 5.41) is 9.50. The monoisotopic (exact) mass is 870 g/mol. The number of aliphatic imine (C=N–C) groups is 1. The lowest BCUT2D eigenvalue weighted by Gasteiger charge is -2.36. The maximum absolute atomic E-state index is 15.8. The Morgan fingerprint density at radius 1 is 0.968 bits per heavy atom. The number of carbonyl (C=O) groups excluding carboxylic acids is 4. The Morgan fingerprint density at radius 2 is 1.75 bits per heavy atom. The van der Waals surface area contributed by atoms with Gasteiger partial charge in [0.2, 0.25) is 29.6 Å². The molecule has 7 heterocycles. The van der Waals surface area contributed by atoms with Gasteiger partial charge in [0.1, 0.15) is 11.6 Å². The molecule has 2 bridgehead atoms. The minimum absolute atomic E-state index is 0.00228. The first-order valence-corrected chi connectivity index (χ1v) is 21.1. The van der Waals surface area contributed by atoms with E-state index in [1.165, 1.54) is 21.7 Å². The predicted octanol–water partition coefficient (Wildman–Crippen LogP) is 5.00. The van der Waals surface area contributed by atoms with Crippen LogP contribution in [-0.2, 0) is 28.0 Å². The fourth-order valence-corrected chi connectivity index (χ4v) is 9.12. The summed E-state index contributed by atoms with van der Waals surface area (Å²) in [7, 11) is 1.68. The molecular weight excluding hydrogens is 825 g/mol. The number of hydrogen-bond donors (Lipinski definition) is 2. The van der Waals surface area contributed by atoms with E-state index in [1.807, 2.05) is 17.0 Å². The van der Waals surface area contributed by atoms with E-state index in [4.69, 9.17) is 4.74 Å². The number of piperidine rings is 1. The molecule has 15 nitrogen and oxygen atoms in total. The third kappa shape index (κ3) is 8.57. The molecule has 2 aromatic heterocycles. The van der Waals surface area contributed by atoms with Crippen LogP contribution >= 0.6 is 0 Å². The molecule has 2 atom stereocenters. The molecule has 63 heavy (non-hydrogen) atoms. The number of imide groups is 1. The fourth-order valence-electron chi connectivity index (χ4n) is 9.12. The van der Waals surface area contributed by atoms with Gasteiger partial charge in [-0.05, 0) is 68.1 Å². The minimum Gasteiger partial charge on any atom is -0.477 e. The molecular formula is C44H46F4N10O5. The number of aromatic nitrogens is 3. The van der Waals surface area contributed by atoms with Crippen LogP contribution in [0.2, 0.25) is 0 Å². The van der Waals surface area contributed by atoms with Crippen LogP contribution in [0.3, 0.4) is 0 Å². The Hall–Kier alpha value is -6.37. The number of anilines is 3. The first kappa shape index (κ1) is 42.0. The first-order chi connectivity index (χ1) is 30.2. The van der Waals surface area contributed by atoms with Gasteiger partial charge >= 0.3 is 0 Å². The average Bonchev–Trinajstić information content (AvgIpc) is 3.97. The van der Waals surface area contributed by atoms with Crippen LogP contribution in [0, 0.1) is 24.5 Å². The van der Waals surface area contributed by atoms with Gasteiger partial charge in [0.05, 0.1) is 53.8 Å². The molecule has 3 fully saturated rings. The molecule has 19 heteroatoms. The number of hydrogen-bond acceptors (Lipinski definition) is 11. The van der Waals surface area contributed by atoms with Crippen molar-refractivity contribution >= 4 is 46.7 Å². The van der Waals surface area contributed by atoms with Crippen LogP contribution in [0.1, 0.15) is 65.2 Å². The van der Waals surface area contributed by atoms with Crippen molar-refractivity contribution in [3.8, 4) is 17.1 Å². The van der Waals surface area contributed by atoms with E-state index in [9.17, 15) is 19.2 Å². The van der Waals surface area contributed by atoms with Gasteiger partial charge in [-0.2, -0.15) is 10.1 Å². The number of halogens is 4. The highest BCUT2D eigenvalue weighted by Gasteiger charge is 2.39. The van der Waals surface area contributed by atoms with Crippen molar-refractivity contribution in [2.45, 2.75) is 57.4 Å². The number of nitrogens with one attached hydrogen (secondary N) is 2. The van der Waals surface area contributed by atoms with Crippen molar-refractivity contribution in [3.63, 3.8) is 0 Å². The molecule has 5 aliphatic rings. The molecule has 330 valence electrons. The lowest BCUT2D eigenvalue weighted by Crippen LogP contribution is -2.50. The van der Waals surface area contributed by atoms with Gasteiger partial charge in [0.25, 0.3) is 11.8 Å². The van der Waals surface area contributed by atoms with Gasteiger partial charge < -0.3 is 24.8 Å². The Morgan fingerprint density at radius 3 is 2.51 bits per heavy atom. The maximum atomic E-state index is 15.8. The second-order valence-corrected chi connectivity index (χ2v) is 16.8. The molecule has 2 N–H and O–H groups in total. The van der Waals surface area contributed by atoms with Crippen molar-refractivity contribution < 1.29 is 41.5 Å². The number of alkyl halides is 2. The second-order valence-electron chi connectivity index (χ2n) is 16.8. The summed E-state index contributed by atoms with van der Waals surface area (Å²) in [5.41, 5.74) is 3.55. The maximum Gasteiger partial charge on any atom is 0.280 e. The summed E-state index contributed by atoms with van der Waals surface area (Å²) >= 11 is 0. The average molecular weight is 871 g/mol. The Bertz CT molecular complexity index is 2520. The van der Waals surface area contributed by atoms with Crippen LogP contribution in [0.4, 0.5) is 34.6 Å². The number of pyridine rings is 1. The van der Waals surface area contributed by atoms with Crippen LogP contribution in [0.15, 0.2) is 53.7 Å². The second kappa shape index (κ2) is 16.7. The molecule has 0 saturated carbocycles. The summed E-state index contributed by atoms with van der Waals surface area (Å²) in [6.45, 7) is 4.30. The summed E-state index contributed by atoms with van der Waals surface area (Å²) in [4.78, 5) is 67.3. The van der Waals surface area contributed by atoms with Gasteiger partial charge in [-0.1, -0.05) is 6.07 Å². The molecule has 9 rings (SSSR count). The Balaban J connectivity index is 0.851. The van der Waals surface area contributed by atoms with Crippen LogP contribution < -0.4 is 25.2 Å². The first-order valence-electron chi connectivity index (χ1n) is 21.1. The van der Waals surface area contributed by atoms with E-state index in [0.29, 0.717) is 79.9 Å². The van der Waals surface area contributed by atoms with Gasteiger partial charge in [-0.15, -0.1) is 0 Å². The van der Waals surface area contributed by atoms with Gasteiger partial charge in [-0.3, -0.25) is 34.4 Å². The van der Waals surface area contributed by atoms with E-state index in [0.717, 1.165) is 5.56 Å². The normalized spacial score (nSPS) is 22.5. The molecule has 0 spiro atoms. The number of ether oxygens (including phenoxy) is 1. The zero-order chi connectivity index (χ0) is 44.2. The summed E-state index contributed by atoms with van der Waals surface area (Å²) in [6, 6.07) is 11.1. The molecule has 5 aliphatic heterocycles. The topological polar surface area (TPSA) is 158 Å². The Labute approximate surface area is 360 Å². The van der Waals surface area contributed by atoms with Crippen molar-refractivity contribution in [3.05, 3.63) is 82.7 Å². The largest absolute Gasteiger partial charge is 0.477 e. The number of aryl methyl sites for hydroxylation is 2. The SMILES string of the molecule is Cc1cc2cc(n1)-c1cnn(C)c1OCCCC(F)(F)CN1/C(=N/C2=O)Nc2ccc(CN3CCN(C(=O)[C@@H]4CCN(c5cc(F)c([C@H]6CCC(=O)NC6=O)c(F)c5)C4)CC3)cc21. The van der Waals surface area contributed by atoms with Crippen LogP contribution in [0.25, 0.3) is 11.3 Å². The third-order valence-corrected chi connectivity index (χ3v) is 12.4. The summed E-state index contributed by atoms with van der Waals surface area (Å²) < 4.78 is 69.5. The molecule has 2 aromatic carbocycles. The van der Waals surface area contributed by atoms with Crippen molar-refractivity contribution in [2.24, 2.45) is 18.0 Å². The number of carbonyl (C=O) groups is 4. The molecule has 0 aliphatic carbocycles. The number of nitrogens with zero attached hydrogens (tertiary/aromatic N) is 8.